The molecule has 5 unspecified atom stereocenters. The standard InChI is InChI=1S/C18H27NO3/c1-18(2,12-3-5-19-6-4-12)22-17(21)15-11-7-10-9-14(20)16(15)13(10)8-11/h10-13,15-16,19H,3-9H2,1-2H3. The van der Waals surface area contributed by atoms with Crippen molar-refractivity contribution in [2.75, 3.05) is 13.1 Å². The molecule has 0 radical (unpaired) electrons. The van der Waals surface area contributed by atoms with Crippen LogP contribution >= 0.6 is 0 Å². The zero-order valence-corrected chi connectivity index (χ0v) is 13.6. The Morgan fingerprint density at radius 1 is 1.18 bits per heavy atom. The Morgan fingerprint density at radius 2 is 1.91 bits per heavy atom. The zero-order chi connectivity index (χ0) is 15.5. The minimum absolute atomic E-state index is 0.0138. The summed E-state index contributed by atoms with van der Waals surface area (Å²) in [6.07, 6.45) is 4.98. The number of nitrogens with one attached hydrogen (secondary N) is 1. The lowest BCUT2D eigenvalue weighted by molar-refractivity contribution is -0.172. The number of Topliss-reactive ketones (excluding diaryl/α,β-unsaturated/α-hetero) is 1. The molecule has 4 heteroatoms. The van der Waals surface area contributed by atoms with Crippen LogP contribution < -0.4 is 5.32 Å². The van der Waals surface area contributed by atoms with Gasteiger partial charge in [-0.1, -0.05) is 0 Å². The van der Waals surface area contributed by atoms with Crippen molar-refractivity contribution in [1.29, 1.82) is 0 Å². The molecule has 2 bridgehead atoms. The van der Waals surface area contributed by atoms with Crippen molar-refractivity contribution >= 4 is 11.8 Å². The van der Waals surface area contributed by atoms with E-state index < -0.39 is 5.60 Å². The van der Waals surface area contributed by atoms with Crippen LogP contribution in [0.5, 0.6) is 0 Å². The molecule has 0 aromatic rings. The minimum Gasteiger partial charge on any atom is -0.459 e. The molecule has 122 valence electrons. The van der Waals surface area contributed by atoms with Gasteiger partial charge in [-0.3, -0.25) is 9.59 Å². The summed E-state index contributed by atoms with van der Waals surface area (Å²) in [7, 11) is 0. The number of hydrogen-bond donors (Lipinski definition) is 1. The zero-order valence-electron chi connectivity index (χ0n) is 13.6. The number of carbonyl (C=O) groups is 2. The lowest BCUT2D eigenvalue weighted by atomic mass is 9.79. The quantitative estimate of drug-likeness (QED) is 0.812. The Labute approximate surface area is 132 Å². The van der Waals surface area contributed by atoms with Crippen LogP contribution in [0.4, 0.5) is 0 Å². The van der Waals surface area contributed by atoms with E-state index in [0.717, 1.165) is 38.8 Å². The molecule has 4 nitrogen and oxygen atoms in total. The Hall–Kier alpha value is -0.900. The van der Waals surface area contributed by atoms with E-state index in [0.29, 0.717) is 35.9 Å². The van der Waals surface area contributed by atoms with Crippen molar-refractivity contribution in [1.82, 2.24) is 5.32 Å². The number of fused-ring (bicyclic) bond motifs is 1. The number of carbonyl (C=O) groups excluding carboxylic acids is 2. The molecule has 22 heavy (non-hydrogen) atoms. The van der Waals surface area contributed by atoms with Gasteiger partial charge >= 0.3 is 5.97 Å². The predicted octanol–water partition coefficient (Wildman–Crippen LogP) is 2.17. The van der Waals surface area contributed by atoms with Crippen LogP contribution in [0.25, 0.3) is 0 Å². The number of piperidine rings is 1. The molecule has 1 heterocycles. The highest BCUT2D eigenvalue weighted by molar-refractivity contribution is 5.90. The van der Waals surface area contributed by atoms with Crippen molar-refractivity contribution < 1.29 is 14.3 Å². The molecule has 0 aromatic heterocycles. The lowest BCUT2D eigenvalue weighted by Crippen LogP contribution is -2.45. The normalized spacial score (nSPS) is 41.2. The van der Waals surface area contributed by atoms with E-state index in [4.69, 9.17) is 4.74 Å². The summed E-state index contributed by atoms with van der Waals surface area (Å²) in [6, 6.07) is 0. The molecule has 1 N–H and O–H groups in total. The first-order valence-electron chi connectivity index (χ1n) is 8.93. The van der Waals surface area contributed by atoms with Crippen LogP contribution in [0.3, 0.4) is 0 Å². The molecule has 3 saturated carbocycles. The molecule has 4 rings (SSSR count). The molecule has 4 aliphatic rings. The number of hydrogen-bond acceptors (Lipinski definition) is 4. The van der Waals surface area contributed by atoms with Crippen LogP contribution in [0.15, 0.2) is 0 Å². The maximum absolute atomic E-state index is 12.8. The topological polar surface area (TPSA) is 55.4 Å². The predicted molar refractivity (Wildman–Crippen MR) is 82.1 cm³/mol. The molecule has 0 aromatic carbocycles. The second-order valence-corrected chi connectivity index (χ2v) is 8.43. The van der Waals surface area contributed by atoms with Crippen LogP contribution in [0, 0.1) is 35.5 Å². The minimum atomic E-state index is -0.415. The lowest BCUT2D eigenvalue weighted by Gasteiger charge is -2.38. The van der Waals surface area contributed by atoms with Crippen molar-refractivity contribution in [3.63, 3.8) is 0 Å². The summed E-state index contributed by atoms with van der Waals surface area (Å²) >= 11 is 0. The summed E-state index contributed by atoms with van der Waals surface area (Å²) in [4.78, 5) is 25.1. The van der Waals surface area contributed by atoms with Crippen LogP contribution in [-0.4, -0.2) is 30.4 Å². The molecule has 3 aliphatic carbocycles. The first-order chi connectivity index (χ1) is 10.5. The summed E-state index contributed by atoms with van der Waals surface area (Å²) < 4.78 is 5.99. The van der Waals surface area contributed by atoms with E-state index in [9.17, 15) is 9.59 Å². The molecule has 0 spiro atoms. The summed E-state index contributed by atoms with van der Waals surface area (Å²) in [5.41, 5.74) is -0.415. The third kappa shape index (κ3) is 2.14. The van der Waals surface area contributed by atoms with Gasteiger partial charge in [-0.25, -0.2) is 0 Å². The van der Waals surface area contributed by atoms with E-state index in [-0.39, 0.29) is 17.8 Å². The van der Waals surface area contributed by atoms with Gasteiger partial charge in [0, 0.05) is 18.3 Å². The maximum atomic E-state index is 12.8. The average Bonchev–Trinajstić information content (AvgIpc) is 3.09. The van der Waals surface area contributed by atoms with Gasteiger partial charge in [0.2, 0.25) is 0 Å². The van der Waals surface area contributed by atoms with E-state index >= 15 is 0 Å². The fourth-order valence-corrected chi connectivity index (χ4v) is 5.83. The van der Waals surface area contributed by atoms with Gasteiger partial charge in [0.15, 0.2) is 0 Å². The first kappa shape index (κ1) is 14.7. The highest BCUT2D eigenvalue weighted by atomic mass is 16.6. The van der Waals surface area contributed by atoms with Gasteiger partial charge in [0.1, 0.15) is 11.4 Å². The van der Waals surface area contributed by atoms with Crippen LogP contribution in [0.1, 0.15) is 46.0 Å². The number of rotatable bonds is 3. The Bertz CT molecular complexity index is 493. The third-order valence-electron chi connectivity index (χ3n) is 6.94. The molecular weight excluding hydrogens is 278 g/mol. The molecule has 0 amide bonds. The van der Waals surface area contributed by atoms with Crippen molar-refractivity contribution in [3.05, 3.63) is 0 Å². The second-order valence-electron chi connectivity index (χ2n) is 8.43. The third-order valence-corrected chi connectivity index (χ3v) is 6.94. The summed E-state index contributed by atoms with van der Waals surface area (Å²) in [5, 5.41) is 3.36. The van der Waals surface area contributed by atoms with Gasteiger partial charge in [0.25, 0.3) is 0 Å². The summed E-state index contributed by atoms with van der Waals surface area (Å²) in [6.45, 7) is 6.10. The van der Waals surface area contributed by atoms with E-state index in [2.05, 4.69) is 5.32 Å². The SMILES string of the molecule is CC(C)(OC(=O)C1C2CC3CC(=O)C1C3C2)C1CCNCC1. The van der Waals surface area contributed by atoms with Gasteiger partial charge in [0.05, 0.1) is 5.92 Å². The first-order valence-corrected chi connectivity index (χ1v) is 8.93. The average molecular weight is 305 g/mol. The fourth-order valence-electron chi connectivity index (χ4n) is 5.83. The van der Waals surface area contributed by atoms with Crippen LogP contribution in [0.2, 0.25) is 0 Å². The Morgan fingerprint density at radius 3 is 2.64 bits per heavy atom. The Kier molecular flexibility index (Phi) is 3.37. The number of esters is 1. The van der Waals surface area contributed by atoms with Gasteiger partial charge in [-0.05, 0) is 70.4 Å². The highest BCUT2D eigenvalue weighted by Crippen LogP contribution is 2.61. The highest BCUT2D eigenvalue weighted by Gasteiger charge is 2.62. The second kappa shape index (κ2) is 5.05. The molecule has 1 aliphatic heterocycles. The number of ketones is 1. The number of ether oxygens (including phenoxy) is 1. The van der Waals surface area contributed by atoms with Crippen LogP contribution in [-0.2, 0) is 14.3 Å². The van der Waals surface area contributed by atoms with Gasteiger partial charge in [-0.2, -0.15) is 0 Å². The fraction of sp³-hybridized carbons (Fsp3) is 0.889. The van der Waals surface area contributed by atoms with Gasteiger partial charge in [-0.15, -0.1) is 0 Å². The van der Waals surface area contributed by atoms with E-state index in [1.165, 1.54) is 0 Å². The van der Waals surface area contributed by atoms with Crippen molar-refractivity contribution in [2.45, 2.75) is 51.6 Å². The Balaban J connectivity index is 1.47. The monoisotopic (exact) mass is 305 g/mol. The van der Waals surface area contributed by atoms with E-state index in [1.807, 2.05) is 13.8 Å². The molecule has 1 saturated heterocycles. The molecule has 5 atom stereocenters. The van der Waals surface area contributed by atoms with Crippen molar-refractivity contribution in [3.8, 4) is 0 Å². The maximum Gasteiger partial charge on any atom is 0.310 e. The molecular formula is C18H27NO3. The molecule has 4 fully saturated rings. The smallest absolute Gasteiger partial charge is 0.310 e. The van der Waals surface area contributed by atoms with Crippen molar-refractivity contribution in [2.24, 2.45) is 35.5 Å². The largest absolute Gasteiger partial charge is 0.459 e. The van der Waals surface area contributed by atoms with E-state index in [1.54, 1.807) is 0 Å². The van der Waals surface area contributed by atoms with Gasteiger partial charge < -0.3 is 10.1 Å². The summed E-state index contributed by atoms with van der Waals surface area (Å²) in [5.74, 6) is 1.97.